The van der Waals surface area contributed by atoms with Crippen molar-refractivity contribution in [3.63, 3.8) is 0 Å². The minimum Gasteiger partial charge on any atom is -0.382 e. The molecule has 4 nitrogen and oxygen atoms in total. The lowest BCUT2D eigenvalue weighted by molar-refractivity contribution is 0.586. The third-order valence-corrected chi connectivity index (χ3v) is 1.85. The molecule has 0 bridgehead atoms. The second-order valence-electron chi connectivity index (χ2n) is 3.08. The molecule has 0 aliphatic carbocycles. The number of anilines is 3. The molecule has 0 radical (unpaired) electrons. The van der Waals surface area contributed by atoms with E-state index < -0.39 is 11.6 Å². The molecule has 1 aromatic carbocycles. The maximum absolute atomic E-state index is 13.3. The number of nitrogens with zero attached hydrogens (tertiary/aromatic N) is 2. The number of aromatic nitrogens is 2. The van der Waals surface area contributed by atoms with Gasteiger partial charge < -0.3 is 11.1 Å². The highest BCUT2D eigenvalue weighted by molar-refractivity contribution is 5.56. The SMILES string of the molecule is Nc1cncc(Nc2ccc(F)cc2F)n1. The average Bonchev–Trinajstić information content (AvgIpc) is 2.22. The molecule has 6 heteroatoms. The summed E-state index contributed by atoms with van der Waals surface area (Å²) in [4.78, 5) is 7.66. The van der Waals surface area contributed by atoms with Gasteiger partial charge in [-0.2, -0.15) is 0 Å². The van der Waals surface area contributed by atoms with E-state index >= 15 is 0 Å². The van der Waals surface area contributed by atoms with Crippen molar-refractivity contribution >= 4 is 17.3 Å². The molecule has 0 spiro atoms. The fourth-order valence-corrected chi connectivity index (χ4v) is 1.17. The van der Waals surface area contributed by atoms with E-state index in [4.69, 9.17) is 5.73 Å². The molecule has 2 aromatic rings. The predicted octanol–water partition coefficient (Wildman–Crippen LogP) is 2.08. The zero-order valence-corrected chi connectivity index (χ0v) is 8.11. The monoisotopic (exact) mass is 222 g/mol. The highest BCUT2D eigenvalue weighted by Crippen LogP contribution is 2.19. The van der Waals surface area contributed by atoms with Gasteiger partial charge in [-0.3, -0.25) is 4.98 Å². The van der Waals surface area contributed by atoms with Crippen molar-refractivity contribution in [3.05, 3.63) is 42.2 Å². The van der Waals surface area contributed by atoms with Crippen LogP contribution in [0.1, 0.15) is 0 Å². The van der Waals surface area contributed by atoms with Crippen LogP contribution in [0.3, 0.4) is 0 Å². The molecule has 82 valence electrons. The van der Waals surface area contributed by atoms with E-state index in [1.165, 1.54) is 18.5 Å². The van der Waals surface area contributed by atoms with Crippen LogP contribution in [0.4, 0.5) is 26.1 Å². The Bertz CT molecular complexity index is 516. The maximum Gasteiger partial charge on any atom is 0.151 e. The number of hydrogen-bond acceptors (Lipinski definition) is 4. The fraction of sp³-hybridized carbons (Fsp3) is 0. The normalized spacial score (nSPS) is 10.1. The molecule has 0 amide bonds. The molecule has 0 saturated heterocycles. The summed E-state index contributed by atoms with van der Waals surface area (Å²) < 4.78 is 25.9. The maximum atomic E-state index is 13.3. The summed E-state index contributed by atoms with van der Waals surface area (Å²) in [5.41, 5.74) is 5.52. The number of benzene rings is 1. The standard InChI is InChI=1S/C10H8F2N4/c11-6-1-2-8(7(12)3-6)15-10-5-14-4-9(13)16-10/h1-5H,(H3,13,15,16). The number of nitrogen functional groups attached to an aromatic ring is 1. The smallest absolute Gasteiger partial charge is 0.151 e. The van der Waals surface area contributed by atoms with Crippen molar-refractivity contribution in [3.8, 4) is 0 Å². The van der Waals surface area contributed by atoms with Crippen molar-refractivity contribution in [1.29, 1.82) is 0 Å². The summed E-state index contributed by atoms with van der Waals surface area (Å²) >= 11 is 0. The van der Waals surface area contributed by atoms with Gasteiger partial charge in [0.25, 0.3) is 0 Å². The Morgan fingerprint density at radius 3 is 2.69 bits per heavy atom. The van der Waals surface area contributed by atoms with Crippen molar-refractivity contribution in [2.75, 3.05) is 11.1 Å². The second-order valence-corrected chi connectivity index (χ2v) is 3.08. The number of hydrogen-bond donors (Lipinski definition) is 2. The largest absolute Gasteiger partial charge is 0.382 e. The molecule has 0 unspecified atom stereocenters. The van der Waals surface area contributed by atoms with Crippen LogP contribution >= 0.6 is 0 Å². The molecular weight excluding hydrogens is 214 g/mol. The van der Waals surface area contributed by atoms with Gasteiger partial charge in [-0.15, -0.1) is 0 Å². The van der Waals surface area contributed by atoms with Crippen molar-refractivity contribution in [1.82, 2.24) is 9.97 Å². The van der Waals surface area contributed by atoms with E-state index in [1.807, 2.05) is 0 Å². The van der Waals surface area contributed by atoms with Crippen LogP contribution in [-0.4, -0.2) is 9.97 Å². The summed E-state index contributed by atoms with van der Waals surface area (Å²) in [6.07, 6.45) is 2.76. The first-order chi connectivity index (χ1) is 7.65. The summed E-state index contributed by atoms with van der Waals surface area (Å²) in [5, 5.41) is 2.64. The molecule has 0 fully saturated rings. The predicted molar refractivity (Wildman–Crippen MR) is 56.1 cm³/mol. The van der Waals surface area contributed by atoms with Crippen molar-refractivity contribution in [2.45, 2.75) is 0 Å². The molecule has 1 aromatic heterocycles. The molecule has 3 N–H and O–H groups in total. The Morgan fingerprint density at radius 1 is 1.19 bits per heavy atom. The van der Waals surface area contributed by atoms with Gasteiger partial charge in [0.05, 0.1) is 18.1 Å². The minimum atomic E-state index is -0.704. The van der Waals surface area contributed by atoms with Gasteiger partial charge in [0.2, 0.25) is 0 Å². The molecule has 0 saturated carbocycles. The lowest BCUT2D eigenvalue weighted by Gasteiger charge is -2.06. The molecule has 1 heterocycles. The second kappa shape index (κ2) is 4.09. The molecule has 0 aliphatic heterocycles. The molecule has 16 heavy (non-hydrogen) atoms. The first-order valence-electron chi connectivity index (χ1n) is 4.45. The lowest BCUT2D eigenvalue weighted by Crippen LogP contribution is -2.00. The van der Waals surface area contributed by atoms with Crippen molar-refractivity contribution in [2.24, 2.45) is 0 Å². The van der Waals surface area contributed by atoms with Crippen molar-refractivity contribution < 1.29 is 8.78 Å². The van der Waals surface area contributed by atoms with Crippen LogP contribution in [-0.2, 0) is 0 Å². The Hall–Kier alpha value is -2.24. The third kappa shape index (κ3) is 2.22. The Labute approximate surface area is 90.1 Å². The molecular formula is C10H8F2N4. The van der Waals surface area contributed by atoms with Crippen LogP contribution in [0, 0.1) is 11.6 Å². The molecule has 0 atom stereocenters. The quantitative estimate of drug-likeness (QED) is 0.816. The summed E-state index contributed by atoms with van der Waals surface area (Å²) in [6.45, 7) is 0. The van der Waals surface area contributed by atoms with E-state index in [1.54, 1.807) is 0 Å². The number of rotatable bonds is 2. The Morgan fingerprint density at radius 2 is 2.00 bits per heavy atom. The van der Waals surface area contributed by atoms with Gasteiger partial charge >= 0.3 is 0 Å². The Balaban J connectivity index is 2.27. The number of halogens is 2. The highest BCUT2D eigenvalue weighted by Gasteiger charge is 2.04. The lowest BCUT2D eigenvalue weighted by atomic mass is 10.3. The van der Waals surface area contributed by atoms with Crippen LogP contribution in [0.5, 0.6) is 0 Å². The van der Waals surface area contributed by atoms with Gasteiger partial charge in [0.15, 0.2) is 5.82 Å². The number of nitrogens with two attached hydrogens (primary N) is 1. The zero-order chi connectivity index (χ0) is 11.5. The van der Waals surface area contributed by atoms with E-state index in [2.05, 4.69) is 15.3 Å². The summed E-state index contributed by atoms with van der Waals surface area (Å²) in [6, 6.07) is 3.20. The van der Waals surface area contributed by atoms with Gasteiger partial charge in [-0.1, -0.05) is 0 Å². The first-order valence-corrected chi connectivity index (χ1v) is 4.45. The molecule has 2 rings (SSSR count). The van der Waals surface area contributed by atoms with Gasteiger partial charge in [0.1, 0.15) is 17.5 Å². The van der Waals surface area contributed by atoms with E-state index in [0.29, 0.717) is 5.82 Å². The van der Waals surface area contributed by atoms with E-state index in [0.717, 1.165) is 12.1 Å². The van der Waals surface area contributed by atoms with Crippen LogP contribution in [0.2, 0.25) is 0 Å². The average molecular weight is 222 g/mol. The fourth-order valence-electron chi connectivity index (χ4n) is 1.17. The van der Waals surface area contributed by atoms with Crippen LogP contribution in [0.15, 0.2) is 30.6 Å². The topological polar surface area (TPSA) is 63.8 Å². The Kier molecular flexibility index (Phi) is 2.63. The van der Waals surface area contributed by atoms with Crippen LogP contribution < -0.4 is 11.1 Å². The third-order valence-electron chi connectivity index (χ3n) is 1.85. The highest BCUT2D eigenvalue weighted by atomic mass is 19.1. The minimum absolute atomic E-state index is 0.112. The van der Waals surface area contributed by atoms with E-state index in [-0.39, 0.29) is 11.5 Å². The van der Waals surface area contributed by atoms with Crippen LogP contribution in [0.25, 0.3) is 0 Å². The summed E-state index contributed by atoms with van der Waals surface area (Å²) in [7, 11) is 0. The number of nitrogens with one attached hydrogen (secondary N) is 1. The molecule has 0 aliphatic rings. The summed E-state index contributed by atoms with van der Waals surface area (Å²) in [5.74, 6) is -0.830. The van der Waals surface area contributed by atoms with Gasteiger partial charge in [-0.05, 0) is 12.1 Å². The van der Waals surface area contributed by atoms with E-state index in [9.17, 15) is 8.78 Å². The van der Waals surface area contributed by atoms with Gasteiger partial charge in [0, 0.05) is 6.07 Å². The first kappa shape index (κ1) is 10.3. The van der Waals surface area contributed by atoms with Gasteiger partial charge in [-0.25, -0.2) is 13.8 Å². The zero-order valence-electron chi connectivity index (χ0n) is 8.11.